The molecule has 101 heavy (non-hydrogen) atoms. The molecule has 4 bridgehead atoms. The normalized spacial score (nSPS) is 22.0. The highest BCUT2D eigenvalue weighted by Crippen LogP contribution is 2.70. The summed E-state index contributed by atoms with van der Waals surface area (Å²) in [5.74, 6) is 3.70. The Bertz CT molecular complexity index is 5400. The Labute approximate surface area is 602 Å². The predicted octanol–water partition coefficient (Wildman–Crippen LogP) is 25.0. The summed E-state index contributed by atoms with van der Waals surface area (Å²) in [5.41, 5.74) is 32.3. The molecule has 0 radical (unpaired) electrons. The number of furan rings is 1. The first-order valence-electron chi connectivity index (χ1n) is 38.5. The van der Waals surface area contributed by atoms with Gasteiger partial charge in [0.15, 0.2) is 5.58 Å². The van der Waals surface area contributed by atoms with Gasteiger partial charge in [0.1, 0.15) is 5.58 Å². The molecule has 0 atom stereocenters. The zero-order chi connectivity index (χ0) is 68.5. The van der Waals surface area contributed by atoms with Crippen LogP contribution in [0.25, 0.3) is 54.3 Å². The fraction of sp³-hybridized carbons (Fsp3) is 0.347. The molecule has 2 aromatic heterocycles. The third-order valence-corrected chi connectivity index (χ3v) is 28.0. The number of benzene rings is 10. The van der Waals surface area contributed by atoms with Gasteiger partial charge in [-0.25, -0.2) is 0 Å². The molecule has 0 saturated heterocycles. The van der Waals surface area contributed by atoms with Crippen molar-refractivity contribution in [3.05, 3.63) is 239 Å². The Morgan fingerprint density at radius 1 is 0.525 bits per heavy atom. The molecule has 0 amide bonds. The van der Waals surface area contributed by atoms with Gasteiger partial charge in [-0.05, 0) is 267 Å². The van der Waals surface area contributed by atoms with E-state index in [1.807, 2.05) is 0 Å². The number of fused-ring (bicyclic) bond motifs is 13. The Morgan fingerprint density at radius 3 is 1.90 bits per heavy atom. The Hall–Kier alpha value is -8.58. The van der Waals surface area contributed by atoms with E-state index in [2.05, 4.69) is 296 Å². The summed E-state index contributed by atoms with van der Waals surface area (Å²) in [6.07, 6.45) is 16.0. The molecule has 12 aromatic rings. The maximum atomic E-state index is 7.46. The predicted molar refractivity (Wildman–Crippen MR) is 430 cm³/mol. The van der Waals surface area contributed by atoms with Crippen LogP contribution in [-0.2, 0) is 27.1 Å². The van der Waals surface area contributed by atoms with E-state index in [0.717, 1.165) is 57.6 Å². The van der Waals surface area contributed by atoms with E-state index >= 15 is 0 Å². The van der Waals surface area contributed by atoms with Crippen LogP contribution in [0.5, 0.6) is 0 Å². The van der Waals surface area contributed by atoms with Gasteiger partial charge in [0, 0.05) is 70.7 Å². The molecule has 504 valence electrons. The van der Waals surface area contributed by atoms with Gasteiger partial charge in [0.25, 0.3) is 6.71 Å². The number of para-hydroxylation sites is 2. The first-order valence-corrected chi connectivity index (χ1v) is 39.3. The van der Waals surface area contributed by atoms with E-state index in [-0.39, 0.29) is 33.8 Å². The van der Waals surface area contributed by atoms with E-state index in [4.69, 9.17) is 4.42 Å². The molecule has 9 aliphatic rings. The number of anilines is 9. The van der Waals surface area contributed by atoms with Gasteiger partial charge in [-0.15, -0.1) is 11.3 Å². The monoisotopic (exact) mass is 1340 g/mol. The SMILES string of the molecule is Cc1cc2c3c(c1)N(c1ccc(C(C)(C)C)c4c1oc1ccccc14)c1cc(N(c4ccc(C(C)(C)C)cc4)c4ccccc4-c4ccccc4)ccc1B3c1sc3cc4c(cc3c1N2c1ccc2c(c1)C1(c3cc(C5CCCCC5)ccc3-2)C2CC3CC(C2)CC1C3)C(C)(C)CCC4(C)C. The highest BCUT2D eigenvalue weighted by molar-refractivity contribution is 7.33. The first kappa shape index (κ1) is 62.2. The Morgan fingerprint density at radius 2 is 1.18 bits per heavy atom. The first-order chi connectivity index (χ1) is 48.7. The van der Waals surface area contributed by atoms with Crippen LogP contribution in [0.4, 0.5) is 51.2 Å². The van der Waals surface area contributed by atoms with Gasteiger partial charge in [-0.2, -0.15) is 0 Å². The standard InChI is InChI=1S/C95H94BN3OS/c1-56-44-82-87-83(45-56)99(80-41-39-73(92(5,6)7)86-71-27-19-21-29-84(71)100-89(80)86)81-53-67(97(65-33-31-62(32-34-65)91(2,3)4)79-28-20-18-26-68(79)60-24-16-13-17-25-60)36-40-78(81)96(87)90-88(72-54-76-77(55-85(72)101-90)94(10,11)43-42-93(76,8)9)98(82)66-35-38-70-69-37-30-61(59-22-14-12-15-23-59)51-74(69)95(75(70)52-66)63-47-57-46-58(49-63)50-64(95)48-57/h13,16-21,24-41,44-45,51-55,57-59,63-64H,12,14-15,22-23,42-43,46-50H2,1-11H3. The van der Waals surface area contributed by atoms with Crippen LogP contribution in [0, 0.1) is 30.6 Å². The number of aryl methyl sites for hydroxylation is 1. The summed E-state index contributed by atoms with van der Waals surface area (Å²) >= 11 is 2.07. The summed E-state index contributed by atoms with van der Waals surface area (Å²) in [5, 5.41) is 3.73. The zero-order valence-corrected chi connectivity index (χ0v) is 61.9. The molecule has 2 aliphatic heterocycles. The third-order valence-electron chi connectivity index (χ3n) is 26.8. The third kappa shape index (κ3) is 9.17. The Kier molecular flexibility index (Phi) is 13.5. The van der Waals surface area contributed by atoms with Crippen molar-refractivity contribution < 1.29 is 4.42 Å². The van der Waals surface area contributed by atoms with Crippen molar-refractivity contribution in [2.24, 2.45) is 23.7 Å². The zero-order valence-electron chi connectivity index (χ0n) is 61.1. The molecular weight excluding hydrogens is 1240 g/mol. The van der Waals surface area contributed by atoms with Crippen LogP contribution >= 0.6 is 11.3 Å². The second kappa shape index (κ2) is 22.0. The van der Waals surface area contributed by atoms with Gasteiger partial charge in [0.05, 0.1) is 17.1 Å². The van der Waals surface area contributed by atoms with E-state index in [1.165, 1.54) is 180 Å². The largest absolute Gasteiger partial charge is 0.454 e. The fourth-order valence-corrected chi connectivity index (χ4v) is 23.4. The van der Waals surface area contributed by atoms with Crippen molar-refractivity contribution in [1.82, 2.24) is 0 Å². The quantitative estimate of drug-likeness (QED) is 0.148. The summed E-state index contributed by atoms with van der Waals surface area (Å²) in [6, 6.07) is 77.1. The van der Waals surface area contributed by atoms with Crippen LogP contribution < -0.4 is 30.4 Å². The number of hydrogen-bond acceptors (Lipinski definition) is 5. The minimum absolute atomic E-state index is 0.00605. The highest BCUT2D eigenvalue weighted by Gasteiger charge is 2.62. The lowest BCUT2D eigenvalue weighted by Crippen LogP contribution is -2.60. The van der Waals surface area contributed by atoms with Crippen molar-refractivity contribution in [3.63, 3.8) is 0 Å². The summed E-state index contributed by atoms with van der Waals surface area (Å²) < 4.78 is 10.3. The fourth-order valence-electron chi connectivity index (χ4n) is 22.0. The number of hydrogen-bond donors (Lipinski definition) is 0. The topological polar surface area (TPSA) is 22.9 Å². The lowest BCUT2D eigenvalue weighted by Gasteiger charge is -2.61. The molecule has 5 saturated carbocycles. The molecule has 5 fully saturated rings. The molecule has 7 aliphatic carbocycles. The average Bonchev–Trinajstić information content (AvgIpc) is 1.59. The van der Waals surface area contributed by atoms with Crippen LogP contribution in [0.3, 0.4) is 0 Å². The summed E-state index contributed by atoms with van der Waals surface area (Å²) in [4.78, 5) is 8.03. The van der Waals surface area contributed by atoms with Crippen LogP contribution in [0.1, 0.15) is 197 Å². The van der Waals surface area contributed by atoms with E-state index in [0.29, 0.717) is 17.8 Å². The molecule has 4 heterocycles. The second-order valence-corrected chi connectivity index (χ2v) is 36.9. The van der Waals surface area contributed by atoms with Crippen LogP contribution in [0.15, 0.2) is 199 Å². The number of thiophene rings is 1. The van der Waals surface area contributed by atoms with E-state index in [1.54, 1.807) is 16.7 Å². The highest BCUT2D eigenvalue weighted by atomic mass is 32.1. The minimum atomic E-state index is -0.162. The molecule has 1 spiro atoms. The van der Waals surface area contributed by atoms with Gasteiger partial charge < -0.3 is 19.1 Å². The lowest BCUT2D eigenvalue weighted by atomic mass is 9.36. The van der Waals surface area contributed by atoms with E-state index in [9.17, 15) is 0 Å². The molecule has 6 heteroatoms. The molecule has 4 nitrogen and oxygen atoms in total. The average molecular weight is 1340 g/mol. The van der Waals surface area contributed by atoms with Gasteiger partial charge in [-0.1, -0.05) is 204 Å². The van der Waals surface area contributed by atoms with Crippen molar-refractivity contribution in [2.45, 2.75) is 186 Å². The van der Waals surface area contributed by atoms with Crippen molar-refractivity contribution in [3.8, 4) is 22.3 Å². The smallest absolute Gasteiger partial charge is 0.264 e. The summed E-state index contributed by atoms with van der Waals surface area (Å²) in [7, 11) is 0. The van der Waals surface area contributed by atoms with Gasteiger partial charge in [-0.3, -0.25) is 0 Å². The molecule has 21 rings (SSSR count). The number of rotatable bonds is 7. The van der Waals surface area contributed by atoms with Gasteiger partial charge in [0.2, 0.25) is 0 Å². The van der Waals surface area contributed by atoms with E-state index < -0.39 is 0 Å². The van der Waals surface area contributed by atoms with Crippen molar-refractivity contribution in [1.29, 1.82) is 0 Å². The Balaban J connectivity index is 0.873. The maximum absolute atomic E-state index is 7.46. The van der Waals surface area contributed by atoms with Crippen LogP contribution in [-0.4, -0.2) is 6.71 Å². The van der Waals surface area contributed by atoms with Crippen molar-refractivity contribution >= 4 is 117 Å². The number of nitrogens with zero attached hydrogens (tertiary/aromatic N) is 3. The summed E-state index contributed by atoms with van der Waals surface area (Å²) in [6.45, 7) is 26.4. The van der Waals surface area contributed by atoms with Crippen molar-refractivity contribution in [2.75, 3.05) is 14.7 Å². The van der Waals surface area contributed by atoms with Gasteiger partial charge >= 0.3 is 0 Å². The molecular formula is C95H94BN3OS. The van der Waals surface area contributed by atoms with Crippen LogP contribution in [0.2, 0.25) is 0 Å². The lowest BCUT2D eigenvalue weighted by molar-refractivity contribution is -0.0399. The maximum Gasteiger partial charge on any atom is 0.264 e. The molecule has 0 N–H and O–H groups in total. The second-order valence-electron chi connectivity index (χ2n) is 35.8. The molecule has 0 unspecified atom stereocenters. The molecule has 10 aromatic carbocycles. The minimum Gasteiger partial charge on any atom is -0.454 e.